The summed E-state index contributed by atoms with van der Waals surface area (Å²) in [6.45, 7) is 0. The van der Waals surface area contributed by atoms with Crippen LogP contribution in [0.15, 0.2) is 66.7 Å². The lowest BCUT2D eigenvalue weighted by molar-refractivity contribution is -0.348. The lowest BCUT2D eigenvalue weighted by Crippen LogP contribution is -2.50. The molecule has 1 N–H and O–H groups in total. The molecule has 4 nitrogen and oxygen atoms in total. The molecular formula is C26H15F13N2O2. The fourth-order valence-electron chi connectivity index (χ4n) is 3.93. The van der Waals surface area contributed by atoms with E-state index in [0.29, 0.717) is 7.05 Å². The minimum absolute atomic E-state index is 0.128. The molecule has 0 atom stereocenters. The maximum atomic E-state index is 14.6. The molecule has 0 aromatic heterocycles. The van der Waals surface area contributed by atoms with Crippen molar-refractivity contribution in [2.45, 2.75) is 30.4 Å². The largest absolute Gasteiger partial charge is 0.435 e. The van der Waals surface area contributed by atoms with Crippen LogP contribution in [-0.2, 0) is 18.0 Å². The van der Waals surface area contributed by atoms with Crippen molar-refractivity contribution in [1.29, 1.82) is 0 Å². The molecule has 0 saturated carbocycles. The summed E-state index contributed by atoms with van der Waals surface area (Å²) in [5.41, 5.74) is -18.2. The van der Waals surface area contributed by atoms with Crippen molar-refractivity contribution in [2.24, 2.45) is 0 Å². The average molecular weight is 634 g/mol. The van der Waals surface area contributed by atoms with Crippen molar-refractivity contribution in [3.63, 3.8) is 0 Å². The van der Waals surface area contributed by atoms with Crippen LogP contribution in [0, 0.1) is 0 Å². The van der Waals surface area contributed by atoms with Gasteiger partial charge in [0.1, 0.15) is 0 Å². The lowest BCUT2D eigenvalue weighted by Gasteiger charge is -2.33. The van der Waals surface area contributed by atoms with E-state index in [-0.39, 0.29) is 16.2 Å². The molecule has 0 radical (unpaired) electrons. The summed E-state index contributed by atoms with van der Waals surface area (Å²) in [6, 6.07) is 9.23. The molecule has 3 aromatic rings. The summed E-state index contributed by atoms with van der Waals surface area (Å²) in [4.78, 5) is 25.1. The van der Waals surface area contributed by atoms with Gasteiger partial charge in [0, 0.05) is 29.4 Å². The number of hydrogen-bond acceptors (Lipinski definition) is 2. The quantitative estimate of drug-likeness (QED) is 0.286. The third kappa shape index (κ3) is 6.54. The summed E-state index contributed by atoms with van der Waals surface area (Å²) < 4.78 is 178. The Hall–Kier alpha value is -4.31. The predicted octanol–water partition coefficient (Wildman–Crippen LogP) is 8.54. The van der Waals surface area contributed by atoms with Gasteiger partial charge in [-0.05, 0) is 42.5 Å². The maximum absolute atomic E-state index is 14.6. The molecule has 232 valence electrons. The van der Waals surface area contributed by atoms with Gasteiger partial charge in [0.2, 0.25) is 0 Å². The number of anilines is 2. The van der Waals surface area contributed by atoms with Gasteiger partial charge in [-0.1, -0.05) is 24.3 Å². The summed E-state index contributed by atoms with van der Waals surface area (Å²) in [7, 11) is 0.341. The van der Waals surface area contributed by atoms with E-state index in [0.717, 1.165) is 18.2 Å². The molecule has 43 heavy (non-hydrogen) atoms. The Kier molecular flexibility index (Phi) is 8.55. The highest BCUT2D eigenvalue weighted by Gasteiger charge is 2.74. The van der Waals surface area contributed by atoms with E-state index in [4.69, 9.17) is 0 Å². The van der Waals surface area contributed by atoms with E-state index in [1.54, 1.807) is 6.07 Å². The number of halogens is 13. The Morgan fingerprint density at radius 2 is 1.09 bits per heavy atom. The fourth-order valence-corrected chi connectivity index (χ4v) is 3.93. The van der Waals surface area contributed by atoms with Crippen LogP contribution in [-0.4, -0.2) is 31.2 Å². The molecule has 0 spiro atoms. The number of alkyl halides is 13. The smallest absolute Gasteiger partial charge is 0.322 e. The molecule has 0 aliphatic rings. The van der Waals surface area contributed by atoms with Gasteiger partial charge < -0.3 is 10.2 Å². The van der Waals surface area contributed by atoms with Crippen molar-refractivity contribution in [2.75, 3.05) is 17.3 Å². The first kappa shape index (κ1) is 33.2. The number of amides is 2. The number of carbonyl (C=O) groups excluding carboxylic acids is 2. The minimum atomic E-state index is -7.04. The molecule has 0 heterocycles. The van der Waals surface area contributed by atoms with E-state index in [9.17, 15) is 66.7 Å². The maximum Gasteiger partial charge on any atom is 0.435 e. The third-order valence-electron chi connectivity index (χ3n) is 5.94. The highest BCUT2D eigenvalue weighted by atomic mass is 19.4. The van der Waals surface area contributed by atoms with Crippen LogP contribution in [0.4, 0.5) is 68.5 Å². The molecule has 2 amide bonds. The van der Waals surface area contributed by atoms with Gasteiger partial charge >= 0.3 is 30.4 Å². The van der Waals surface area contributed by atoms with Gasteiger partial charge in [-0.25, -0.2) is 4.39 Å². The second-order valence-electron chi connectivity index (χ2n) is 8.83. The van der Waals surface area contributed by atoms with Crippen LogP contribution in [0.3, 0.4) is 0 Å². The van der Waals surface area contributed by atoms with E-state index in [2.05, 4.69) is 5.32 Å². The molecule has 17 heteroatoms. The van der Waals surface area contributed by atoms with E-state index >= 15 is 0 Å². The number of nitrogens with zero attached hydrogens (tertiary/aromatic N) is 1. The van der Waals surface area contributed by atoms with E-state index in [1.165, 1.54) is 30.3 Å². The summed E-state index contributed by atoms with van der Waals surface area (Å²) >= 11 is 0. The van der Waals surface area contributed by atoms with Crippen LogP contribution < -0.4 is 10.2 Å². The van der Waals surface area contributed by atoms with Crippen molar-refractivity contribution in [3.8, 4) is 0 Å². The first-order chi connectivity index (χ1) is 19.5. The normalized spacial score (nSPS) is 13.1. The molecule has 0 fully saturated rings. The Bertz CT molecular complexity index is 1460. The van der Waals surface area contributed by atoms with Gasteiger partial charge in [0.25, 0.3) is 11.8 Å². The monoisotopic (exact) mass is 634 g/mol. The van der Waals surface area contributed by atoms with Crippen LogP contribution in [0.5, 0.6) is 0 Å². The Balaban J connectivity index is 2.20. The number of hydrogen-bond donors (Lipinski definition) is 1. The summed E-state index contributed by atoms with van der Waals surface area (Å²) in [5.74, 6) is -2.38. The number of carbonyl (C=O) groups is 2. The Labute approximate surface area is 232 Å². The van der Waals surface area contributed by atoms with Gasteiger partial charge in [-0.15, -0.1) is 0 Å². The van der Waals surface area contributed by atoms with Crippen LogP contribution in [0.1, 0.15) is 37.4 Å². The second kappa shape index (κ2) is 11.1. The Morgan fingerprint density at radius 1 is 0.628 bits per heavy atom. The SMILES string of the molecule is CN(C(=O)c1cccc(NC(=O)c2ccccc2)c1)c1c(C(F)(F)F)cc(C(F)(C(F)(F)F)C(F)(F)F)cc1C(F)(F)F. The second-order valence-corrected chi connectivity index (χ2v) is 8.83. The third-order valence-corrected chi connectivity index (χ3v) is 5.94. The zero-order valence-electron chi connectivity index (χ0n) is 21.0. The summed E-state index contributed by atoms with van der Waals surface area (Å²) in [6.07, 6.45) is -26.3. The Morgan fingerprint density at radius 3 is 1.53 bits per heavy atom. The highest BCUT2D eigenvalue weighted by Crippen LogP contribution is 2.56. The standard InChI is InChI=1S/C26H15F13N2O2/c1-41(21(43)14-8-5-9-16(10-14)40-20(42)13-6-3-2-4-7-13)19-17(23(28,29)30)11-15(12-18(19)24(31,32)33)22(27,25(34,35)36)26(37,38)39/h2-12H,1H3,(H,40,42). The zero-order chi connectivity index (χ0) is 32.8. The lowest BCUT2D eigenvalue weighted by atomic mass is 9.89. The predicted molar refractivity (Wildman–Crippen MR) is 125 cm³/mol. The number of rotatable bonds is 5. The molecule has 0 bridgehead atoms. The van der Waals surface area contributed by atoms with Crippen molar-refractivity contribution >= 4 is 23.2 Å². The van der Waals surface area contributed by atoms with Crippen molar-refractivity contribution < 1.29 is 66.7 Å². The van der Waals surface area contributed by atoms with Crippen LogP contribution >= 0.6 is 0 Å². The fraction of sp³-hybridized carbons (Fsp3) is 0.231. The van der Waals surface area contributed by atoms with Crippen molar-refractivity contribution in [3.05, 3.63) is 94.5 Å². The molecule has 3 rings (SSSR count). The van der Waals surface area contributed by atoms with E-state index < -0.39 is 82.3 Å². The molecular weight excluding hydrogens is 619 g/mol. The van der Waals surface area contributed by atoms with Crippen LogP contribution in [0.25, 0.3) is 0 Å². The topological polar surface area (TPSA) is 49.4 Å². The molecule has 0 unspecified atom stereocenters. The van der Waals surface area contributed by atoms with E-state index in [1.807, 2.05) is 0 Å². The van der Waals surface area contributed by atoms with Gasteiger partial charge in [-0.2, -0.15) is 52.7 Å². The zero-order valence-corrected chi connectivity index (χ0v) is 21.0. The highest BCUT2D eigenvalue weighted by molar-refractivity contribution is 6.09. The van der Waals surface area contributed by atoms with Crippen molar-refractivity contribution in [1.82, 2.24) is 0 Å². The molecule has 0 aliphatic heterocycles. The first-order valence-corrected chi connectivity index (χ1v) is 11.4. The average Bonchev–Trinajstić information content (AvgIpc) is 2.89. The minimum Gasteiger partial charge on any atom is -0.322 e. The molecule has 0 saturated heterocycles. The van der Waals surface area contributed by atoms with Crippen LogP contribution in [0.2, 0.25) is 0 Å². The summed E-state index contributed by atoms with van der Waals surface area (Å²) in [5, 5.41) is 2.33. The van der Waals surface area contributed by atoms with Gasteiger partial charge in [-0.3, -0.25) is 9.59 Å². The van der Waals surface area contributed by atoms with Gasteiger partial charge in [0.05, 0.1) is 16.8 Å². The number of benzene rings is 3. The van der Waals surface area contributed by atoms with Gasteiger partial charge in [0.15, 0.2) is 0 Å². The number of nitrogens with one attached hydrogen (secondary N) is 1. The molecule has 0 aliphatic carbocycles. The molecule has 3 aromatic carbocycles. The first-order valence-electron chi connectivity index (χ1n) is 11.4.